The van der Waals surface area contributed by atoms with Gasteiger partial charge in [-0.2, -0.15) is 5.10 Å². The highest BCUT2D eigenvalue weighted by molar-refractivity contribution is 6.31. The normalized spacial score (nSPS) is 12.9. The Kier molecular flexibility index (Phi) is 7.93. The number of nitrogens with zero attached hydrogens (tertiary/aromatic N) is 5. The number of nitrogens with one attached hydrogen (secondary N) is 1. The number of anilines is 1. The molecule has 0 aliphatic carbocycles. The van der Waals surface area contributed by atoms with Crippen LogP contribution in [0, 0.1) is 12.7 Å². The number of amides is 1. The van der Waals surface area contributed by atoms with Crippen molar-refractivity contribution in [3.05, 3.63) is 86.4 Å². The lowest BCUT2D eigenvalue weighted by Gasteiger charge is -2.26. The molecule has 0 radical (unpaired) electrons. The second kappa shape index (κ2) is 11.2. The minimum atomic E-state index is -0.833. The Bertz CT molecular complexity index is 1520. The Labute approximate surface area is 221 Å². The van der Waals surface area contributed by atoms with Crippen molar-refractivity contribution in [1.29, 1.82) is 0 Å². The molecule has 11 nitrogen and oxygen atoms in total. The van der Waals surface area contributed by atoms with Gasteiger partial charge in [-0.25, -0.2) is 9.37 Å². The summed E-state index contributed by atoms with van der Waals surface area (Å²) in [4.78, 5) is 30.3. The summed E-state index contributed by atoms with van der Waals surface area (Å²) < 4.78 is 27.2. The number of carbonyl (C=O) groups excluding carboxylic acids is 1. The molecule has 0 aliphatic heterocycles. The van der Waals surface area contributed by atoms with E-state index in [1.807, 2.05) is 13.1 Å². The van der Waals surface area contributed by atoms with E-state index in [4.69, 9.17) is 20.9 Å². The number of rotatable bonds is 9. The van der Waals surface area contributed by atoms with Crippen molar-refractivity contribution in [3.8, 4) is 5.75 Å². The van der Waals surface area contributed by atoms with Gasteiger partial charge in [0.05, 0.1) is 25.0 Å². The molecule has 3 aromatic heterocycles. The molecule has 1 aromatic carbocycles. The number of aryl methyl sites for hydroxylation is 1. The van der Waals surface area contributed by atoms with Crippen molar-refractivity contribution in [2.45, 2.75) is 32.2 Å². The lowest BCUT2D eigenvalue weighted by Crippen LogP contribution is -2.29. The maximum Gasteiger partial charge on any atom is 0.296 e. The van der Waals surface area contributed by atoms with Crippen LogP contribution >= 0.6 is 11.6 Å². The topological polar surface area (TPSA) is 137 Å². The van der Waals surface area contributed by atoms with Gasteiger partial charge in [0.25, 0.3) is 11.5 Å². The third-order valence-corrected chi connectivity index (χ3v) is 6.60. The number of carbonyl (C=O) groups is 1. The van der Waals surface area contributed by atoms with Gasteiger partial charge in [-0.15, -0.1) is 0 Å². The standard InChI is InChI=1S/C25H26ClFN6O5/c1-13(23-30-21(22(34)25(36)32(23)3)24(35)29-16-10-28-38-12-16)20(17-9-15(27)5-6-19(17)26)18-11-33(7-8-37-4)31-14(18)2/h5-6,9-13,20,34H,7-8H2,1-4H3,(H,29,35)/t13-,20-/m0/s1. The van der Waals surface area contributed by atoms with Crippen LogP contribution in [-0.2, 0) is 18.3 Å². The molecule has 2 atom stereocenters. The molecule has 0 saturated heterocycles. The molecule has 0 spiro atoms. The molecule has 1 amide bonds. The average molecular weight is 545 g/mol. The van der Waals surface area contributed by atoms with Gasteiger partial charge < -0.3 is 19.7 Å². The van der Waals surface area contributed by atoms with Crippen molar-refractivity contribution < 1.29 is 23.6 Å². The molecule has 0 aliphatic rings. The van der Waals surface area contributed by atoms with E-state index in [1.165, 1.54) is 37.7 Å². The summed E-state index contributed by atoms with van der Waals surface area (Å²) in [6.07, 6.45) is 4.26. The van der Waals surface area contributed by atoms with E-state index >= 15 is 0 Å². The van der Waals surface area contributed by atoms with Crippen molar-refractivity contribution >= 4 is 23.2 Å². The first-order valence-corrected chi connectivity index (χ1v) is 12.0. The minimum Gasteiger partial charge on any atom is -0.501 e. The second-order valence-electron chi connectivity index (χ2n) is 8.76. The summed E-state index contributed by atoms with van der Waals surface area (Å²) in [7, 11) is 3.02. The summed E-state index contributed by atoms with van der Waals surface area (Å²) in [5, 5.41) is 21.3. The van der Waals surface area contributed by atoms with Crippen LogP contribution in [0.1, 0.15) is 51.9 Å². The fraction of sp³-hybridized carbons (Fsp3) is 0.320. The van der Waals surface area contributed by atoms with Gasteiger partial charge in [0.15, 0.2) is 5.69 Å². The zero-order valence-electron chi connectivity index (χ0n) is 21.1. The monoisotopic (exact) mass is 544 g/mol. The zero-order valence-corrected chi connectivity index (χ0v) is 21.9. The van der Waals surface area contributed by atoms with E-state index in [0.29, 0.717) is 29.4 Å². The van der Waals surface area contributed by atoms with Crippen molar-refractivity contribution in [2.24, 2.45) is 7.05 Å². The van der Waals surface area contributed by atoms with E-state index in [0.717, 1.165) is 10.1 Å². The molecule has 38 heavy (non-hydrogen) atoms. The molecule has 3 heterocycles. The van der Waals surface area contributed by atoms with Crippen molar-refractivity contribution in [1.82, 2.24) is 24.5 Å². The lowest BCUT2D eigenvalue weighted by molar-refractivity contribution is 0.101. The minimum absolute atomic E-state index is 0.164. The highest BCUT2D eigenvalue weighted by Gasteiger charge is 2.32. The average Bonchev–Trinajstić information content (AvgIpc) is 3.53. The first kappa shape index (κ1) is 27.0. The van der Waals surface area contributed by atoms with Crippen LogP contribution in [-0.4, -0.2) is 49.2 Å². The Hall–Kier alpha value is -4.03. The van der Waals surface area contributed by atoms with Crippen LogP contribution in [0.25, 0.3) is 0 Å². The van der Waals surface area contributed by atoms with Gasteiger partial charge in [0, 0.05) is 42.8 Å². The molecule has 0 fully saturated rings. The first-order chi connectivity index (χ1) is 18.1. The SMILES string of the molecule is COCCn1cc([C@H](c2cc(F)ccc2Cl)[C@H](C)c2nc(C(=O)Nc3cnoc3)c(O)c(=O)n2C)c(C)n1. The van der Waals surface area contributed by atoms with E-state index in [9.17, 15) is 19.1 Å². The maximum atomic E-state index is 14.4. The first-order valence-electron chi connectivity index (χ1n) is 11.6. The summed E-state index contributed by atoms with van der Waals surface area (Å²) in [5.41, 5.74) is 0.745. The van der Waals surface area contributed by atoms with Crippen molar-refractivity contribution in [2.75, 3.05) is 19.0 Å². The fourth-order valence-electron chi connectivity index (χ4n) is 4.38. The lowest BCUT2D eigenvalue weighted by atomic mass is 9.81. The van der Waals surface area contributed by atoms with E-state index < -0.39 is 40.6 Å². The Morgan fingerprint density at radius 3 is 2.79 bits per heavy atom. The highest BCUT2D eigenvalue weighted by atomic mass is 35.5. The molecule has 4 aromatic rings. The van der Waals surface area contributed by atoms with Gasteiger partial charge in [-0.1, -0.05) is 23.7 Å². The second-order valence-corrected chi connectivity index (χ2v) is 9.16. The number of hydrogen-bond donors (Lipinski definition) is 2. The van der Waals surface area contributed by atoms with Gasteiger partial charge in [-0.05, 0) is 30.7 Å². The summed E-state index contributed by atoms with van der Waals surface area (Å²) >= 11 is 6.55. The molecule has 0 saturated carbocycles. The van der Waals surface area contributed by atoms with Gasteiger partial charge in [-0.3, -0.25) is 18.8 Å². The molecule has 0 bridgehead atoms. The highest BCUT2D eigenvalue weighted by Crippen LogP contribution is 2.42. The number of aromatic nitrogens is 5. The van der Waals surface area contributed by atoms with Crippen molar-refractivity contribution in [3.63, 3.8) is 0 Å². The van der Waals surface area contributed by atoms with Crippen LogP contribution in [0.4, 0.5) is 10.1 Å². The Morgan fingerprint density at radius 1 is 1.34 bits per heavy atom. The van der Waals surface area contributed by atoms with E-state index in [2.05, 4.69) is 20.6 Å². The number of aromatic hydroxyl groups is 1. The van der Waals surface area contributed by atoms with Gasteiger partial charge >= 0.3 is 0 Å². The fourth-order valence-corrected chi connectivity index (χ4v) is 4.61. The van der Waals surface area contributed by atoms with Gasteiger partial charge in [0.1, 0.15) is 23.6 Å². The number of benzene rings is 1. The quantitative estimate of drug-likeness (QED) is 0.326. The van der Waals surface area contributed by atoms with Crippen LogP contribution < -0.4 is 10.9 Å². The predicted octanol–water partition coefficient (Wildman–Crippen LogP) is 3.61. The predicted molar refractivity (Wildman–Crippen MR) is 136 cm³/mol. The van der Waals surface area contributed by atoms with E-state index in [-0.39, 0.29) is 11.5 Å². The molecule has 2 N–H and O–H groups in total. The smallest absolute Gasteiger partial charge is 0.296 e. The largest absolute Gasteiger partial charge is 0.501 e. The van der Waals surface area contributed by atoms with Crippen LogP contribution in [0.15, 0.2) is 46.2 Å². The molecule has 0 unspecified atom stereocenters. The molecular formula is C25H26ClFN6O5. The van der Waals surface area contributed by atoms with Crippen LogP contribution in [0.5, 0.6) is 5.75 Å². The number of methoxy groups -OCH3 is 1. The summed E-state index contributed by atoms with van der Waals surface area (Å²) in [6, 6.07) is 4.04. The summed E-state index contributed by atoms with van der Waals surface area (Å²) in [6.45, 7) is 4.50. The van der Waals surface area contributed by atoms with Crippen LogP contribution in [0.2, 0.25) is 5.02 Å². The number of halogens is 2. The Morgan fingerprint density at radius 2 is 2.11 bits per heavy atom. The maximum absolute atomic E-state index is 14.4. The molecule has 13 heteroatoms. The van der Waals surface area contributed by atoms with Crippen LogP contribution in [0.3, 0.4) is 0 Å². The van der Waals surface area contributed by atoms with E-state index in [1.54, 1.807) is 18.7 Å². The number of ether oxygens (including phenoxy) is 1. The third kappa shape index (κ3) is 5.31. The third-order valence-electron chi connectivity index (χ3n) is 6.25. The molecule has 200 valence electrons. The zero-order chi connectivity index (χ0) is 27.6. The van der Waals surface area contributed by atoms with Gasteiger partial charge in [0.2, 0.25) is 5.75 Å². The molecular weight excluding hydrogens is 519 g/mol. The summed E-state index contributed by atoms with van der Waals surface area (Å²) in [5.74, 6) is -3.23. The Balaban J connectivity index is 1.86. The molecule has 4 rings (SSSR count). The number of hydrogen-bond acceptors (Lipinski definition) is 8.